The van der Waals surface area contributed by atoms with E-state index in [4.69, 9.17) is 10.5 Å². The van der Waals surface area contributed by atoms with E-state index in [2.05, 4.69) is 24.2 Å². The molecule has 1 aliphatic heterocycles. The van der Waals surface area contributed by atoms with Gasteiger partial charge < -0.3 is 30.8 Å². The summed E-state index contributed by atoms with van der Waals surface area (Å²) >= 11 is 0. The van der Waals surface area contributed by atoms with Crippen LogP contribution in [0.15, 0.2) is 16.1 Å². The Kier molecular flexibility index (Phi) is 6.59. The Morgan fingerprint density at radius 2 is 2.03 bits per heavy atom. The first-order valence-electron chi connectivity index (χ1n) is 14.1. The van der Waals surface area contributed by atoms with Crippen molar-refractivity contribution in [3.05, 3.63) is 11.1 Å². The second-order valence-corrected chi connectivity index (χ2v) is 12.9. The Bertz CT molecular complexity index is 959. The summed E-state index contributed by atoms with van der Waals surface area (Å²) in [6, 6.07) is 0. The number of hydrogen-bond acceptors (Lipinski definition) is 6. The summed E-state index contributed by atoms with van der Waals surface area (Å²) in [5.41, 5.74) is 5.11. The zero-order valence-electron chi connectivity index (χ0n) is 22.6. The van der Waals surface area contributed by atoms with Crippen molar-refractivity contribution < 1.29 is 24.6 Å². The Morgan fingerprint density at radius 1 is 1.31 bits per heavy atom. The molecule has 0 aromatic heterocycles. The average Bonchev–Trinajstić information content (AvgIpc) is 3.43. The summed E-state index contributed by atoms with van der Waals surface area (Å²) in [5, 5.41) is 28.4. The number of rotatable bonds is 6. The van der Waals surface area contributed by atoms with Crippen LogP contribution in [0.2, 0.25) is 0 Å². The average molecular weight is 503 g/mol. The molecule has 8 nitrogen and oxygen atoms in total. The lowest BCUT2D eigenvalue weighted by Gasteiger charge is -2.60. The molecule has 8 heteroatoms. The van der Waals surface area contributed by atoms with E-state index in [1.165, 1.54) is 4.90 Å². The summed E-state index contributed by atoms with van der Waals surface area (Å²) in [4.78, 5) is 18.3. The van der Waals surface area contributed by atoms with Gasteiger partial charge >= 0.3 is 0 Å². The molecule has 5 aliphatic rings. The number of nitrogens with two attached hydrogens (primary N) is 1. The van der Waals surface area contributed by atoms with Gasteiger partial charge in [0.2, 0.25) is 0 Å². The van der Waals surface area contributed by atoms with Crippen LogP contribution in [0.5, 0.6) is 0 Å². The fourth-order valence-corrected chi connectivity index (χ4v) is 9.77. The predicted octanol–water partition coefficient (Wildman–Crippen LogP) is 0.00830. The Labute approximate surface area is 215 Å². The molecule has 36 heavy (non-hydrogen) atoms. The number of nitrogens with one attached hydrogen (secondary N) is 2. The molecule has 5 rings (SSSR count). The maximum atomic E-state index is 12.8. The standard InChI is InChI=1S/C28H46N4O4/c1-18-7-8-19-13-21-22(23(33)34)26(35,17-36-25(2)10-5-6-11-25)15-27(18,21)28(19)16-32(24(29)31-4)12-9-20(28)14-30-3/h18-20,30,35H,5-17H2,1-4H3,(H2,29,31)(H,33,34). The highest BCUT2D eigenvalue weighted by molar-refractivity contribution is 5.90. The third kappa shape index (κ3) is 3.54. The number of ether oxygens (including phenoxy) is 1. The second kappa shape index (κ2) is 9.07. The van der Waals surface area contributed by atoms with E-state index in [0.717, 1.165) is 76.6 Å². The molecule has 7 atom stereocenters. The van der Waals surface area contributed by atoms with Gasteiger partial charge in [-0.2, -0.15) is 0 Å². The van der Waals surface area contributed by atoms with E-state index in [1.807, 2.05) is 7.05 Å². The Balaban J connectivity index is 1.63. The Morgan fingerprint density at radius 3 is 2.67 bits per heavy atom. The number of aliphatic imine (C=N–C) groups is 1. The number of carbonyl (C=O) groups excluding carboxylic acids is 1. The highest BCUT2D eigenvalue weighted by Gasteiger charge is 2.75. The lowest BCUT2D eigenvalue weighted by molar-refractivity contribution is -0.828. The number of hydrogen-bond donors (Lipinski definition) is 4. The molecule has 1 saturated heterocycles. The van der Waals surface area contributed by atoms with Crippen molar-refractivity contribution in [3.63, 3.8) is 0 Å². The first-order valence-corrected chi connectivity index (χ1v) is 14.1. The first kappa shape index (κ1) is 26.1. The van der Waals surface area contributed by atoms with Crippen LogP contribution in [0.25, 0.3) is 0 Å². The lowest BCUT2D eigenvalue weighted by Crippen LogP contribution is -3.19. The monoisotopic (exact) mass is 502 g/mol. The highest BCUT2D eigenvalue weighted by atomic mass is 16.5. The molecule has 0 aromatic carbocycles. The molecular formula is C28H46N4O4. The van der Waals surface area contributed by atoms with Crippen LogP contribution in [0.4, 0.5) is 0 Å². The maximum absolute atomic E-state index is 12.8. The zero-order chi connectivity index (χ0) is 25.9. The van der Waals surface area contributed by atoms with Crippen LogP contribution < -0.4 is 21.1 Å². The number of nitrogens with zero attached hydrogens (tertiary/aromatic N) is 1. The van der Waals surface area contributed by atoms with Crippen LogP contribution in [0.1, 0.15) is 71.6 Å². The van der Waals surface area contributed by atoms with Gasteiger partial charge in [-0.15, -0.1) is 0 Å². The van der Waals surface area contributed by atoms with Gasteiger partial charge in [0.05, 0.1) is 31.3 Å². The Hall–Kier alpha value is -1.48. The highest BCUT2D eigenvalue weighted by Crippen LogP contribution is 2.76. The van der Waals surface area contributed by atoms with Gasteiger partial charge in [-0.05, 0) is 76.8 Å². The van der Waals surface area contributed by atoms with Crippen molar-refractivity contribution in [1.29, 1.82) is 0 Å². The number of aliphatic hydroxyl groups is 1. The van der Waals surface area contributed by atoms with Gasteiger partial charge in [-0.1, -0.05) is 25.3 Å². The van der Waals surface area contributed by atoms with E-state index in [0.29, 0.717) is 24.2 Å². The minimum Gasteiger partial charge on any atom is -0.545 e. The summed E-state index contributed by atoms with van der Waals surface area (Å²) in [6.45, 7) is 7.04. The van der Waals surface area contributed by atoms with Crippen molar-refractivity contribution in [2.24, 2.45) is 39.3 Å². The van der Waals surface area contributed by atoms with Gasteiger partial charge in [0, 0.05) is 29.9 Å². The number of aliphatic carboxylic acids is 1. The van der Waals surface area contributed by atoms with E-state index in [-0.39, 0.29) is 29.1 Å². The molecule has 202 valence electrons. The molecule has 5 N–H and O–H groups in total. The number of quaternary nitrogens is 1. The molecule has 4 fully saturated rings. The van der Waals surface area contributed by atoms with E-state index in [1.54, 1.807) is 7.05 Å². The van der Waals surface area contributed by atoms with E-state index >= 15 is 0 Å². The fraction of sp³-hybridized carbons (Fsp3) is 0.857. The quantitative estimate of drug-likeness (QED) is 0.300. The van der Waals surface area contributed by atoms with Crippen molar-refractivity contribution in [1.82, 2.24) is 5.32 Å². The van der Waals surface area contributed by atoms with Crippen molar-refractivity contribution >= 4 is 11.9 Å². The third-order valence-corrected chi connectivity index (χ3v) is 11.3. The molecule has 1 heterocycles. The van der Waals surface area contributed by atoms with Crippen LogP contribution in [-0.4, -0.2) is 68.6 Å². The van der Waals surface area contributed by atoms with Crippen LogP contribution in [0, 0.1) is 28.6 Å². The largest absolute Gasteiger partial charge is 0.545 e. The number of carboxylic acid groups (broad SMARTS) is 1. The number of allylic oxidation sites excluding steroid dienone is 1. The molecular weight excluding hydrogens is 456 g/mol. The first-order chi connectivity index (χ1) is 17.1. The minimum atomic E-state index is -1.53. The SMILES string of the molecule is CN=C(N)[NH+]1CCC(CNC)C2(C1)C1CCC(C)C23CC(O)(COC2(C)CCCC2)C(C(=O)[O-])=C3C1. The van der Waals surface area contributed by atoms with Crippen LogP contribution in [-0.2, 0) is 9.53 Å². The van der Waals surface area contributed by atoms with Gasteiger partial charge in [-0.3, -0.25) is 4.90 Å². The van der Waals surface area contributed by atoms with Crippen molar-refractivity contribution in [3.8, 4) is 0 Å². The van der Waals surface area contributed by atoms with Gasteiger partial charge in [0.25, 0.3) is 5.96 Å². The molecule has 4 aliphatic carbocycles. The molecule has 7 unspecified atom stereocenters. The predicted molar refractivity (Wildman–Crippen MR) is 136 cm³/mol. The second-order valence-electron chi connectivity index (χ2n) is 12.9. The number of carboxylic acids is 1. The van der Waals surface area contributed by atoms with Crippen molar-refractivity contribution in [2.45, 2.75) is 82.8 Å². The summed E-state index contributed by atoms with van der Waals surface area (Å²) in [6.07, 6.45) is 8.38. The fourth-order valence-electron chi connectivity index (χ4n) is 9.77. The van der Waals surface area contributed by atoms with E-state index < -0.39 is 17.0 Å². The summed E-state index contributed by atoms with van der Waals surface area (Å²) in [5.74, 6) is 0.408. The van der Waals surface area contributed by atoms with Gasteiger partial charge in [0.1, 0.15) is 5.60 Å². The smallest absolute Gasteiger partial charge is 0.293 e. The van der Waals surface area contributed by atoms with Gasteiger partial charge in [0.15, 0.2) is 0 Å². The maximum Gasteiger partial charge on any atom is 0.293 e. The van der Waals surface area contributed by atoms with Gasteiger partial charge in [-0.25, -0.2) is 4.99 Å². The van der Waals surface area contributed by atoms with E-state index in [9.17, 15) is 15.0 Å². The molecule has 0 radical (unpaired) electrons. The molecule has 2 spiro atoms. The number of guanidine groups is 1. The molecule has 3 saturated carbocycles. The van der Waals surface area contributed by atoms with Crippen molar-refractivity contribution in [2.75, 3.05) is 40.3 Å². The lowest BCUT2D eigenvalue weighted by atomic mass is 9.45. The zero-order valence-corrected chi connectivity index (χ0v) is 22.6. The topological polar surface area (TPSA) is 124 Å². The minimum absolute atomic E-state index is 0.0252. The number of carbonyl (C=O) groups is 1. The molecule has 0 aromatic rings. The van der Waals surface area contributed by atoms with Crippen LogP contribution in [0.3, 0.4) is 0 Å². The number of likely N-dealkylation sites (tertiary alicyclic amines) is 1. The summed E-state index contributed by atoms with van der Waals surface area (Å²) in [7, 11) is 3.75. The summed E-state index contributed by atoms with van der Waals surface area (Å²) < 4.78 is 6.39. The number of piperidine rings is 1. The van der Waals surface area contributed by atoms with Crippen LogP contribution >= 0.6 is 0 Å². The normalized spacial score (nSPS) is 43.9. The third-order valence-electron chi connectivity index (χ3n) is 11.3. The molecule has 0 amide bonds. The molecule has 2 bridgehead atoms.